The van der Waals surface area contributed by atoms with Gasteiger partial charge in [0.15, 0.2) is 11.6 Å². The smallest absolute Gasteiger partial charge is 0.299 e. The van der Waals surface area contributed by atoms with E-state index in [0.29, 0.717) is 6.54 Å². The van der Waals surface area contributed by atoms with E-state index in [4.69, 9.17) is 0 Å². The Hall–Kier alpha value is -1.82. The number of anilines is 1. The van der Waals surface area contributed by atoms with Crippen LogP contribution < -0.4 is 10.2 Å². The first kappa shape index (κ1) is 13.6. The highest BCUT2D eigenvalue weighted by atomic mass is 19.2. The molecule has 1 aromatic rings. The van der Waals surface area contributed by atoms with Crippen LogP contribution in [0.3, 0.4) is 0 Å². The molecule has 102 valence electrons. The number of Topliss-reactive ketones (excluding diaryl/α,β-unsaturated/α-hetero) is 1. The Kier molecular flexibility index (Phi) is 3.61. The monoisotopic (exact) mass is 268 g/mol. The quantitative estimate of drug-likeness (QED) is 0.842. The third kappa shape index (κ3) is 2.49. The van der Waals surface area contributed by atoms with E-state index in [1.165, 1.54) is 4.90 Å². The average molecular weight is 268 g/mol. The third-order valence-electron chi connectivity index (χ3n) is 2.90. The van der Waals surface area contributed by atoms with E-state index in [1.54, 1.807) is 0 Å². The summed E-state index contributed by atoms with van der Waals surface area (Å²) in [6, 6.07) is 1.90. The topological polar surface area (TPSA) is 49.4 Å². The summed E-state index contributed by atoms with van der Waals surface area (Å²) in [4.78, 5) is 24.6. The summed E-state index contributed by atoms with van der Waals surface area (Å²) in [6.07, 6.45) is 0. The second kappa shape index (κ2) is 5.05. The summed E-state index contributed by atoms with van der Waals surface area (Å²) in [5.41, 5.74) is 0.0629. The van der Waals surface area contributed by atoms with Gasteiger partial charge in [-0.1, -0.05) is 13.8 Å². The maximum Gasteiger partial charge on any atom is 0.299 e. The zero-order valence-electron chi connectivity index (χ0n) is 10.7. The molecule has 6 heteroatoms. The van der Waals surface area contributed by atoms with Gasteiger partial charge < -0.3 is 10.2 Å². The Labute approximate surface area is 109 Å². The molecule has 2 rings (SSSR count). The summed E-state index contributed by atoms with van der Waals surface area (Å²) in [5, 5.41) is 3.09. The largest absolute Gasteiger partial charge is 0.313 e. The van der Waals surface area contributed by atoms with Crippen molar-refractivity contribution in [3.8, 4) is 0 Å². The van der Waals surface area contributed by atoms with Crippen LogP contribution in [-0.4, -0.2) is 30.8 Å². The standard InChI is InChI=1S/C13H14F2N2O2/c1-7(2)16-3-4-17-11-6-10(15)9(14)5-8(11)12(18)13(17)19/h5-7,16H,3-4H2,1-2H3. The number of fused-ring (bicyclic) bond motifs is 1. The minimum Gasteiger partial charge on any atom is -0.313 e. The average Bonchev–Trinajstić information content (AvgIpc) is 2.55. The van der Waals surface area contributed by atoms with Crippen LogP contribution in [0.4, 0.5) is 14.5 Å². The molecule has 1 aliphatic rings. The van der Waals surface area contributed by atoms with Gasteiger partial charge in [-0.05, 0) is 6.07 Å². The van der Waals surface area contributed by atoms with Gasteiger partial charge in [-0.2, -0.15) is 0 Å². The van der Waals surface area contributed by atoms with Crippen LogP contribution in [0.1, 0.15) is 24.2 Å². The second-order valence-electron chi connectivity index (χ2n) is 4.68. The predicted molar refractivity (Wildman–Crippen MR) is 66.2 cm³/mol. The van der Waals surface area contributed by atoms with E-state index in [-0.39, 0.29) is 23.8 Å². The number of nitrogens with one attached hydrogen (secondary N) is 1. The van der Waals surface area contributed by atoms with Crippen molar-refractivity contribution < 1.29 is 18.4 Å². The van der Waals surface area contributed by atoms with Gasteiger partial charge in [0, 0.05) is 25.2 Å². The number of hydrogen-bond acceptors (Lipinski definition) is 3. The molecule has 4 nitrogen and oxygen atoms in total. The van der Waals surface area contributed by atoms with Crippen LogP contribution in [0.2, 0.25) is 0 Å². The molecule has 1 amide bonds. The molecule has 0 radical (unpaired) electrons. The molecule has 0 aliphatic carbocycles. The highest BCUT2D eigenvalue weighted by Gasteiger charge is 2.36. The van der Waals surface area contributed by atoms with Crippen molar-refractivity contribution in [3.05, 3.63) is 29.3 Å². The van der Waals surface area contributed by atoms with E-state index < -0.39 is 23.3 Å². The number of halogens is 2. The van der Waals surface area contributed by atoms with Gasteiger partial charge in [0.2, 0.25) is 0 Å². The number of carbonyl (C=O) groups excluding carboxylic acids is 2. The molecule has 0 spiro atoms. The van der Waals surface area contributed by atoms with Crippen molar-refractivity contribution in [2.45, 2.75) is 19.9 Å². The molecular formula is C13H14F2N2O2. The van der Waals surface area contributed by atoms with E-state index in [0.717, 1.165) is 12.1 Å². The van der Waals surface area contributed by atoms with E-state index >= 15 is 0 Å². The number of carbonyl (C=O) groups is 2. The van der Waals surface area contributed by atoms with Gasteiger partial charge in [0.25, 0.3) is 11.7 Å². The van der Waals surface area contributed by atoms with E-state index in [9.17, 15) is 18.4 Å². The lowest BCUT2D eigenvalue weighted by Gasteiger charge is -2.17. The molecule has 0 aromatic heterocycles. The first-order valence-electron chi connectivity index (χ1n) is 6.00. The summed E-state index contributed by atoms with van der Waals surface area (Å²) in [7, 11) is 0. The summed E-state index contributed by atoms with van der Waals surface area (Å²) in [5.74, 6) is -3.73. The molecule has 0 bridgehead atoms. The van der Waals surface area contributed by atoms with Gasteiger partial charge >= 0.3 is 0 Å². The van der Waals surface area contributed by atoms with E-state index in [1.807, 2.05) is 13.8 Å². The van der Waals surface area contributed by atoms with Crippen LogP contribution in [0.5, 0.6) is 0 Å². The SMILES string of the molecule is CC(C)NCCN1C(=O)C(=O)c2cc(F)c(F)cc21. The predicted octanol–water partition coefficient (Wildman–Crippen LogP) is 1.49. The number of hydrogen-bond donors (Lipinski definition) is 1. The minimum atomic E-state index is -1.12. The maximum absolute atomic E-state index is 13.2. The Bertz CT molecular complexity index is 544. The lowest BCUT2D eigenvalue weighted by Crippen LogP contribution is -2.37. The third-order valence-corrected chi connectivity index (χ3v) is 2.90. The van der Waals surface area contributed by atoms with Crippen LogP contribution in [0.15, 0.2) is 12.1 Å². The van der Waals surface area contributed by atoms with E-state index in [2.05, 4.69) is 5.32 Å². The molecule has 19 heavy (non-hydrogen) atoms. The Morgan fingerprint density at radius 2 is 1.84 bits per heavy atom. The van der Waals surface area contributed by atoms with Crippen molar-refractivity contribution in [3.63, 3.8) is 0 Å². The Morgan fingerprint density at radius 3 is 2.47 bits per heavy atom. The fourth-order valence-electron chi connectivity index (χ4n) is 1.98. The molecule has 1 N–H and O–H groups in total. The van der Waals surface area contributed by atoms with Crippen molar-refractivity contribution in [1.82, 2.24) is 5.32 Å². The zero-order chi connectivity index (χ0) is 14.2. The summed E-state index contributed by atoms with van der Waals surface area (Å²) >= 11 is 0. The molecule has 0 fully saturated rings. The maximum atomic E-state index is 13.2. The number of nitrogens with zero attached hydrogens (tertiary/aromatic N) is 1. The van der Waals surface area contributed by atoms with Gasteiger partial charge in [-0.3, -0.25) is 9.59 Å². The summed E-state index contributed by atoms with van der Waals surface area (Å²) in [6.45, 7) is 4.59. The van der Waals surface area contributed by atoms with Crippen molar-refractivity contribution >= 4 is 17.4 Å². The normalized spacial score (nSPS) is 14.5. The molecule has 1 aliphatic heterocycles. The lowest BCUT2D eigenvalue weighted by molar-refractivity contribution is -0.114. The van der Waals surface area contributed by atoms with Crippen molar-refractivity contribution in [2.75, 3.05) is 18.0 Å². The molecule has 0 unspecified atom stereocenters. The molecule has 1 aromatic carbocycles. The van der Waals surface area contributed by atoms with Gasteiger partial charge in [-0.25, -0.2) is 8.78 Å². The Morgan fingerprint density at radius 1 is 1.21 bits per heavy atom. The Balaban J connectivity index is 2.26. The highest BCUT2D eigenvalue weighted by molar-refractivity contribution is 6.52. The first-order chi connectivity index (χ1) is 8.91. The van der Waals surface area contributed by atoms with Crippen molar-refractivity contribution in [1.29, 1.82) is 0 Å². The fourth-order valence-corrected chi connectivity index (χ4v) is 1.98. The molecular weight excluding hydrogens is 254 g/mol. The summed E-state index contributed by atoms with van der Waals surface area (Å²) < 4.78 is 26.3. The molecule has 0 saturated heterocycles. The lowest BCUT2D eigenvalue weighted by atomic mass is 10.1. The van der Waals surface area contributed by atoms with Crippen molar-refractivity contribution in [2.24, 2.45) is 0 Å². The molecule has 1 heterocycles. The molecule has 0 saturated carbocycles. The number of benzene rings is 1. The van der Waals surface area contributed by atoms with Gasteiger partial charge in [0.05, 0.1) is 11.3 Å². The highest BCUT2D eigenvalue weighted by Crippen LogP contribution is 2.30. The number of ketones is 1. The van der Waals surface area contributed by atoms with Crippen LogP contribution in [0, 0.1) is 11.6 Å². The second-order valence-corrected chi connectivity index (χ2v) is 4.68. The van der Waals surface area contributed by atoms with Gasteiger partial charge in [-0.15, -0.1) is 0 Å². The van der Waals surface area contributed by atoms with Gasteiger partial charge in [0.1, 0.15) is 0 Å². The number of amides is 1. The van der Waals surface area contributed by atoms with Crippen LogP contribution >= 0.6 is 0 Å². The zero-order valence-corrected chi connectivity index (χ0v) is 10.7. The van der Waals surface area contributed by atoms with Crippen LogP contribution in [-0.2, 0) is 4.79 Å². The first-order valence-corrected chi connectivity index (χ1v) is 6.00. The van der Waals surface area contributed by atoms with Crippen LogP contribution in [0.25, 0.3) is 0 Å². The molecule has 0 atom stereocenters. The fraction of sp³-hybridized carbons (Fsp3) is 0.385. The number of rotatable bonds is 4. The minimum absolute atomic E-state index is 0.0755.